The predicted molar refractivity (Wildman–Crippen MR) is 217 cm³/mol. The number of aromatic nitrogens is 1. The molecule has 3 aromatic heterocycles. The second-order valence-electron chi connectivity index (χ2n) is 13.1. The fourth-order valence-corrected chi connectivity index (χ4v) is 8.85. The Morgan fingerprint density at radius 2 is 1.25 bits per heavy atom. The van der Waals surface area contributed by atoms with Gasteiger partial charge in [0.2, 0.25) is 5.89 Å². The molecular formula is C47H28N2O2S. The highest BCUT2D eigenvalue weighted by molar-refractivity contribution is 7.26. The highest BCUT2D eigenvalue weighted by atomic mass is 32.1. The number of anilines is 3. The van der Waals surface area contributed by atoms with Crippen LogP contribution in [0.2, 0.25) is 0 Å². The molecule has 0 fully saturated rings. The largest absolute Gasteiger partial charge is 0.456 e. The lowest BCUT2D eigenvalue weighted by Gasteiger charge is -2.26. The van der Waals surface area contributed by atoms with Crippen molar-refractivity contribution in [1.82, 2.24) is 4.98 Å². The first-order valence-corrected chi connectivity index (χ1v) is 18.2. The first kappa shape index (κ1) is 29.1. The smallest absolute Gasteiger partial charge is 0.228 e. The lowest BCUT2D eigenvalue weighted by Crippen LogP contribution is -2.10. The molecule has 5 heteroatoms. The molecule has 0 amide bonds. The highest BCUT2D eigenvalue weighted by Crippen LogP contribution is 2.47. The number of thiophene rings is 1. The van der Waals surface area contributed by atoms with Crippen LogP contribution < -0.4 is 4.90 Å². The number of hydrogen-bond donors (Lipinski definition) is 0. The van der Waals surface area contributed by atoms with E-state index in [9.17, 15) is 0 Å². The molecule has 11 aromatic rings. The third-order valence-electron chi connectivity index (χ3n) is 10.1. The Hall–Kier alpha value is -6.69. The van der Waals surface area contributed by atoms with Crippen LogP contribution in [0.15, 0.2) is 179 Å². The standard InChI is InChI=1S/C47H28N2O2S/c1-2-11-30-26-32(23-22-29(30)10-1)31-12-7-13-33(27-31)49(40-18-8-15-36-35-14-3-6-21-44(35)52-46(36)40)34-24-25-37-43(28-34)50-42-20-9-16-38(45(37)42)47-48-39-17-4-5-19-41(39)51-47/h1-28H. The number of nitrogens with zero attached hydrogens (tertiary/aromatic N) is 2. The summed E-state index contributed by atoms with van der Waals surface area (Å²) >= 11 is 1.83. The molecule has 0 spiro atoms. The summed E-state index contributed by atoms with van der Waals surface area (Å²) in [6.45, 7) is 0. The molecule has 244 valence electrons. The maximum Gasteiger partial charge on any atom is 0.228 e. The Kier molecular flexibility index (Phi) is 6.39. The molecule has 0 aliphatic rings. The zero-order chi connectivity index (χ0) is 34.2. The average molecular weight is 685 g/mol. The number of benzene rings is 8. The van der Waals surface area contributed by atoms with E-state index in [1.54, 1.807) is 0 Å². The van der Waals surface area contributed by atoms with Gasteiger partial charge in [0.05, 0.1) is 10.4 Å². The molecule has 0 aliphatic carbocycles. The quantitative estimate of drug-likeness (QED) is 0.181. The maximum atomic E-state index is 6.63. The van der Waals surface area contributed by atoms with Gasteiger partial charge >= 0.3 is 0 Å². The topological polar surface area (TPSA) is 42.4 Å². The van der Waals surface area contributed by atoms with Gasteiger partial charge in [-0.05, 0) is 88.6 Å². The summed E-state index contributed by atoms with van der Waals surface area (Å²) in [5.41, 5.74) is 9.65. The number of para-hydroxylation sites is 2. The minimum absolute atomic E-state index is 0.585. The van der Waals surface area contributed by atoms with Crippen molar-refractivity contribution in [2.45, 2.75) is 0 Å². The van der Waals surface area contributed by atoms with Crippen molar-refractivity contribution in [2.24, 2.45) is 0 Å². The minimum Gasteiger partial charge on any atom is -0.456 e. The van der Waals surface area contributed by atoms with Gasteiger partial charge < -0.3 is 13.7 Å². The van der Waals surface area contributed by atoms with Crippen molar-refractivity contribution in [1.29, 1.82) is 0 Å². The summed E-state index contributed by atoms with van der Waals surface area (Å²) < 4.78 is 15.4. The molecule has 0 saturated heterocycles. The van der Waals surface area contributed by atoms with Gasteiger partial charge in [-0.1, -0.05) is 97.1 Å². The van der Waals surface area contributed by atoms with E-state index in [-0.39, 0.29) is 0 Å². The highest BCUT2D eigenvalue weighted by Gasteiger charge is 2.22. The fraction of sp³-hybridized carbons (Fsp3) is 0. The third kappa shape index (κ3) is 4.57. The van der Waals surface area contributed by atoms with Crippen molar-refractivity contribution < 1.29 is 8.83 Å². The van der Waals surface area contributed by atoms with Crippen LogP contribution in [-0.2, 0) is 0 Å². The molecule has 0 aliphatic heterocycles. The SMILES string of the molecule is c1cc(-c2ccc3ccccc3c2)cc(N(c2ccc3c(c2)oc2cccc(-c4nc5ccccc5o4)c23)c2cccc3c2sc2ccccc23)c1. The second kappa shape index (κ2) is 11.4. The summed E-state index contributed by atoms with van der Waals surface area (Å²) in [5, 5.41) is 6.99. The van der Waals surface area contributed by atoms with Gasteiger partial charge in [-0.2, -0.15) is 0 Å². The maximum absolute atomic E-state index is 6.63. The van der Waals surface area contributed by atoms with Gasteiger partial charge in [0.15, 0.2) is 5.58 Å². The van der Waals surface area contributed by atoms with Crippen LogP contribution in [0.25, 0.3) is 86.6 Å². The Morgan fingerprint density at radius 3 is 2.21 bits per heavy atom. The molecule has 3 heterocycles. The lowest BCUT2D eigenvalue weighted by molar-refractivity contribution is 0.620. The monoisotopic (exact) mass is 684 g/mol. The Labute approximate surface area is 302 Å². The van der Waals surface area contributed by atoms with Gasteiger partial charge in [0, 0.05) is 49.2 Å². The van der Waals surface area contributed by atoms with Gasteiger partial charge in [-0.25, -0.2) is 4.98 Å². The zero-order valence-electron chi connectivity index (χ0n) is 27.8. The molecule has 52 heavy (non-hydrogen) atoms. The van der Waals surface area contributed by atoms with Gasteiger partial charge in [0.1, 0.15) is 16.7 Å². The lowest BCUT2D eigenvalue weighted by atomic mass is 10.0. The molecule has 0 bridgehead atoms. The van der Waals surface area contributed by atoms with Crippen molar-refractivity contribution in [2.75, 3.05) is 4.90 Å². The second-order valence-corrected chi connectivity index (χ2v) is 14.2. The molecule has 0 unspecified atom stereocenters. The molecular weight excluding hydrogens is 657 g/mol. The van der Waals surface area contributed by atoms with E-state index in [0.717, 1.165) is 61.2 Å². The Bertz CT molecular complexity index is 3130. The number of furan rings is 1. The predicted octanol–water partition coefficient (Wildman–Crippen LogP) is 14.1. The minimum atomic E-state index is 0.585. The van der Waals surface area contributed by atoms with Crippen LogP contribution in [0.3, 0.4) is 0 Å². The average Bonchev–Trinajstić information content (AvgIpc) is 3.91. The van der Waals surface area contributed by atoms with E-state index in [4.69, 9.17) is 13.8 Å². The first-order chi connectivity index (χ1) is 25.7. The molecule has 4 nitrogen and oxygen atoms in total. The number of fused-ring (bicyclic) bond motifs is 8. The summed E-state index contributed by atoms with van der Waals surface area (Å²) in [5.74, 6) is 0.585. The van der Waals surface area contributed by atoms with Crippen molar-refractivity contribution in [3.05, 3.63) is 170 Å². The fourth-order valence-electron chi connectivity index (χ4n) is 7.65. The Balaban J connectivity index is 1.12. The number of hydrogen-bond acceptors (Lipinski definition) is 5. The molecule has 0 saturated carbocycles. The van der Waals surface area contributed by atoms with E-state index in [1.165, 1.54) is 36.5 Å². The van der Waals surface area contributed by atoms with Crippen LogP contribution in [-0.4, -0.2) is 4.98 Å². The van der Waals surface area contributed by atoms with Crippen LogP contribution in [0, 0.1) is 0 Å². The van der Waals surface area contributed by atoms with Gasteiger partial charge in [-0.3, -0.25) is 0 Å². The molecule has 0 N–H and O–H groups in total. The van der Waals surface area contributed by atoms with Crippen LogP contribution in [0.5, 0.6) is 0 Å². The van der Waals surface area contributed by atoms with Gasteiger partial charge in [-0.15, -0.1) is 11.3 Å². The van der Waals surface area contributed by atoms with E-state index in [2.05, 4.69) is 138 Å². The Morgan fingerprint density at radius 1 is 0.481 bits per heavy atom. The molecule has 0 radical (unpaired) electrons. The van der Waals surface area contributed by atoms with Crippen molar-refractivity contribution in [3.8, 4) is 22.6 Å². The summed E-state index contributed by atoms with van der Waals surface area (Å²) in [7, 11) is 0. The van der Waals surface area contributed by atoms with Crippen LogP contribution in [0.1, 0.15) is 0 Å². The van der Waals surface area contributed by atoms with Crippen molar-refractivity contribution >= 4 is 92.4 Å². The number of rotatable bonds is 5. The first-order valence-electron chi connectivity index (χ1n) is 17.4. The van der Waals surface area contributed by atoms with E-state index in [0.29, 0.717) is 5.89 Å². The zero-order valence-corrected chi connectivity index (χ0v) is 28.6. The van der Waals surface area contributed by atoms with E-state index >= 15 is 0 Å². The summed E-state index contributed by atoms with van der Waals surface area (Å²) in [6, 6.07) is 59.9. The van der Waals surface area contributed by atoms with E-state index in [1.807, 2.05) is 47.7 Å². The van der Waals surface area contributed by atoms with Gasteiger partial charge in [0.25, 0.3) is 0 Å². The van der Waals surface area contributed by atoms with Crippen molar-refractivity contribution in [3.63, 3.8) is 0 Å². The summed E-state index contributed by atoms with van der Waals surface area (Å²) in [4.78, 5) is 7.20. The van der Waals surface area contributed by atoms with Crippen LogP contribution in [0.4, 0.5) is 17.1 Å². The van der Waals surface area contributed by atoms with Crippen LogP contribution >= 0.6 is 11.3 Å². The molecule has 0 atom stereocenters. The molecule has 8 aromatic carbocycles. The number of oxazole rings is 1. The third-order valence-corrected chi connectivity index (χ3v) is 11.3. The normalized spacial score (nSPS) is 11.8. The summed E-state index contributed by atoms with van der Waals surface area (Å²) in [6.07, 6.45) is 0. The van der Waals surface area contributed by atoms with E-state index < -0.39 is 0 Å². The molecule has 11 rings (SSSR count).